The molecule has 2 aromatic rings. The van der Waals surface area contributed by atoms with E-state index in [4.69, 9.17) is 9.47 Å². The molecular weight excluding hydrogens is 366 g/mol. The van der Waals surface area contributed by atoms with Crippen molar-refractivity contribution in [2.45, 2.75) is 26.4 Å². The molecule has 1 heterocycles. The Morgan fingerprint density at radius 1 is 1.07 bits per heavy atom. The van der Waals surface area contributed by atoms with Crippen LogP contribution in [0.2, 0.25) is 0 Å². The zero-order chi connectivity index (χ0) is 19.6. The minimum absolute atomic E-state index is 0.147. The molecule has 27 heavy (non-hydrogen) atoms. The number of esters is 1. The van der Waals surface area contributed by atoms with Crippen LogP contribution >= 0.6 is 11.3 Å². The molecule has 7 heteroatoms. The van der Waals surface area contributed by atoms with Crippen LogP contribution in [0.25, 0.3) is 0 Å². The number of carbonyl (C=O) groups excluding carboxylic acids is 3. The highest BCUT2D eigenvalue weighted by atomic mass is 32.1. The van der Waals surface area contributed by atoms with Gasteiger partial charge in [0.1, 0.15) is 0 Å². The first kappa shape index (κ1) is 20.8. The van der Waals surface area contributed by atoms with E-state index < -0.39 is 18.5 Å². The van der Waals surface area contributed by atoms with E-state index >= 15 is 0 Å². The van der Waals surface area contributed by atoms with Gasteiger partial charge in [0.15, 0.2) is 6.61 Å². The van der Waals surface area contributed by atoms with Crippen LogP contribution in [0.15, 0.2) is 41.8 Å². The fourth-order valence-corrected chi connectivity index (χ4v) is 2.96. The Morgan fingerprint density at radius 2 is 1.81 bits per heavy atom. The average molecular weight is 389 g/mol. The Labute approximate surface area is 162 Å². The SMILES string of the molecule is CC(C)OCCCNC(=O)COC(=O)c1ccccc1C(=O)c1cccs1. The molecule has 1 amide bonds. The molecule has 1 aromatic heterocycles. The van der Waals surface area contributed by atoms with Crippen LogP contribution in [0.4, 0.5) is 0 Å². The largest absolute Gasteiger partial charge is 0.452 e. The fraction of sp³-hybridized carbons (Fsp3) is 0.350. The molecule has 144 valence electrons. The number of carbonyl (C=O) groups is 3. The molecular formula is C20H23NO5S. The van der Waals surface area contributed by atoms with Crippen LogP contribution < -0.4 is 5.32 Å². The normalized spacial score (nSPS) is 10.6. The summed E-state index contributed by atoms with van der Waals surface area (Å²) < 4.78 is 10.4. The van der Waals surface area contributed by atoms with E-state index in [1.165, 1.54) is 17.4 Å². The molecule has 0 atom stereocenters. The number of benzene rings is 1. The Bertz CT molecular complexity index is 770. The van der Waals surface area contributed by atoms with Gasteiger partial charge in [-0.15, -0.1) is 11.3 Å². The standard InChI is InChI=1S/C20H23NO5S/c1-14(2)25-11-6-10-21-18(22)13-26-20(24)16-8-4-3-7-15(16)19(23)17-9-5-12-27-17/h3-5,7-9,12,14H,6,10-11,13H2,1-2H3,(H,21,22). The molecule has 0 radical (unpaired) electrons. The van der Waals surface area contributed by atoms with Gasteiger partial charge in [0.05, 0.1) is 16.5 Å². The summed E-state index contributed by atoms with van der Waals surface area (Å²) in [6, 6.07) is 9.90. The second-order valence-electron chi connectivity index (χ2n) is 6.05. The van der Waals surface area contributed by atoms with Crippen LogP contribution in [0.1, 0.15) is 45.9 Å². The third-order valence-electron chi connectivity index (χ3n) is 3.57. The van der Waals surface area contributed by atoms with Crippen LogP contribution in [0.3, 0.4) is 0 Å². The third-order valence-corrected chi connectivity index (χ3v) is 4.43. The van der Waals surface area contributed by atoms with E-state index in [1.54, 1.807) is 35.7 Å². The van der Waals surface area contributed by atoms with Gasteiger partial charge in [-0.3, -0.25) is 9.59 Å². The van der Waals surface area contributed by atoms with E-state index in [0.29, 0.717) is 24.4 Å². The van der Waals surface area contributed by atoms with E-state index in [9.17, 15) is 14.4 Å². The number of hydrogen-bond donors (Lipinski definition) is 1. The number of nitrogens with one attached hydrogen (secondary N) is 1. The molecule has 2 rings (SSSR count). The van der Waals surface area contributed by atoms with Crippen LogP contribution in [0.5, 0.6) is 0 Å². The van der Waals surface area contributed by atoms with Crippen molar-refractivity contribution in [3.63, 3.8) is 0 Å². The maximum absolute atomic E-state index is 12.5. The summed E-state index contributed by atoms with van der Waals surface area (Å²) in [5, 5.41) is 4.46. The Balaban J connectivity index is 1.86. The van der Waals surface area contributed by atoms with Crippen LogP contribution in [-0.2, 0) is 14.3 Å². The van der Waals surface area contributed by atoms with Gasteiger partial charge in [-0.1, -0.05) is 24.3 Å². The number of hydrogen-bond acceptors (Lipinski definition) is 6. The lowest BCUT2D eigenvalue weighted by Crippen LogP contribution is -2.30. The van der Waals surface area contributed by atoms with E-state index in [0.717, 1.165) is 0 Å². The number of rotatable bonds is 10. The Kier molecular flexibility index (Phi) is 8.16. The maximum atomic E-state index is 12.5. The second-order valence-corrected chi connectivity index (χ2v) is 7.00. The Morgan fingerprint density at radius 3 is 2.48 bits per heavy atom. The molecule has 0 spiro atoms. The number of thiophene rings is 1. The van der Waals surface area contributed by atoms with Gasteiger partial charge in [0.25, 0.3) is 5.91 Å². The molecule has 0 saturated heterocycles. The van der Waals surface area contributed by atoms with Crippen molar-refractivity contribution in [2.75, 3.05) is 19.8 Å². The summed E-state index contributed by atoms with van der Waals surface area (Å²) >= 11 is 1.30. The zero-order valence-corrected chi connectivity index (χ0v) is 16.2. The van der Waals surface area contributed by atoms with Gasteiger partial charge in [-0.05, 0) is 37.8 Å². The smallest absolute Gasteiger partial charge is 0.339 e. The first-order valence-corrected chi connectivity index (χ1v) is 9.59. The van der Waals surface area contributed by atoms with Gasteiger partial charge < -0.3 is 14.8 Å². The minimum Gasteiger partial charge on any atom is -0.452 e. The van der Waals surface area contributed by atoms with Crippen molar-refractivity contribution in [2.24, 2.45) is 0 Å². The van der Waals surface area contributed by atoms with Gasteiger partial charge in [0, 0.05) is 18.7 Å². The lowest BCUT2D eigenvalue weighted by Gasteiger charge is -2.10. The quantitative estimate of drug-likeness (QED) is 0.384. The molecule has 0 fully saturated rings. The van der Waals surface area contributed by atoms with E-state index in [-0.39, 0.29) is 23.0 Å². The fourth-order valence-electron chi connectivity index (χ4n) is 2.28. The Hall–Kier alpha value is -2.51. The lowest BCUT2D eigenvalue weighted by atomic mass is 10.0. The van der Waals surface area contributed by atoms with Crippen molar-refractivity contribution in [3.05, 3.63) is 57.8 Å². The van der Waals surface area contributed by atoms with E-state index in [1.807, 2.05) is 13.8 Å². The molecule has 0 bridgehead atoms. The first-order chi connectivity index (χ1) is 13.0. The second kappa shape index (κ2) is 10.6. The van der Waals surface area contributed by atoms with Crippen molar-refractivity contribution in [1.29, 1.82) is 0 Å². The van der Waals surface area contributed by atoms with Crippen molar-refractivity contribution in [1.82, 2.24) is 5.32 Å². The van der Waals surface area contributed by atoms with Crippen molar-refractivity contribution >= 4 is 29.0 Å². The maximum Gasteiger partial charge on any atom is 0.339 e. The molecule has 0 aliphatic heterocycles. The summed E-state index contributed by atoms with van der Waals surface area (Å²) in [4.78, 5) is 37.2. The number of amides is 1. The molecule has 0 aliphatic carbocycles. The highest BCUT2D eigenvalue weighted by Crippen LogP contribution is 2.19. The summed E-state index contributed by atoms with van der Waals surface area (Å²) in [6.07, 6.45) is 0.828. The highest BCUT2D eigenvalue weighted by molar-refractivity contribution is 7.12. The van der Waals surface area contributed by atoms with E-state index in [2.05, 4.69) is 5.32 Å². The first-order valence-electron chi connectivity index (χ1n) is 8.71. The van der Waals surface area contributed by atoms with Crippen LogP contribution in [0, 0.1) is 0 Å². The summed E-state index contributed by atoms with van der Waals surface area (Å²) in [5.74, 6) is -1.34. The number of ketones is 1. The molecule has 0 unspecified atom stereocenters. The number of ether oxygens (including phenoxy) is 2. The topological polar surface area (TPSA) is 81.7 Å². The third kappa shape index (κ3) is 6.62. The van der Waals surface area contributed by atoms with Crippen molar-refractivity contribution in [3.8, 4) is 0 Å². The molecule has 1 aromatic carbocycles. The predicted molar refractivity (Wildman–Crippen MR) is 103 cm³/mol. The molecule has 1 N–H and O–H groups in total. The average Bonchev–Trinajstić information content (AvgIpc) is 3.19. The monoisotopic (exact) mass is 389 g/mol. The predicted octanol–water partition coefficient (Wildman–Crippen LogP) is 3.07. The van der Waals surface area contributed by atoms with Crippen LogP contribution in [-0.4, -0.2) is 43.5 Å². The molecule has 0 aliphatic rings. The highest BCUT2D eigenvalue weighted by Gasteiger charge is 2.20. The summed E-state index contributed by atoms with van der Waals surface area (Å²) in [7, 11) is 0. The van der Waals surface area contributed by atoms with Gasteiger partial charge in [0.2, 0.25) is 5.78 Å². The van der Waals surface area contributed by atoms with Gasteiger partial charge >= 0.3 is 5.97 Å². The van der Waals surface area contributed by atoms with Gasteiger partial charge in [-0.2, -0.15) is 0 Å². The summed E-state index contributed by atoms with van der Waals surface area (Å²) in [5.41, 5.74) is 0.408. The van der Waals surface area contributed by atoms with Crippen molar-refractivity contribution < 1.29 is 23.9 Å². The lowest BCUT2D eigenvalue weighted by molar-refractivity contribution is -0.124. The minimum atomic E-state index is -0.700. The molecule has 0 saturated carbocycles. The zero-order valence-electron chi connectivity index (χ0n) is 15.4. The van der Waals surface area contributed by atoms with Gasteiger partial charge in [-0.25, -0.2) is 4.79 Å². The summed E-state index contributed by atoms with van der Waals surface area (Å²) in [6.45, 7) is 4.48. The molecule has 6 nitrogen and oxygen atoms in total.